The molecule has 0 aliphatic heterocycles. The number of aryl methyl sites for hydroxylation is 2. The van der Waals surface area contributed by atoms with Gasteiger partial charge < -0.3 is 13.7 Å². The predicted molar refractivity (Wildman–Crippen MR) is 80.5 cm³/mol. The minimum Gasteiger partial charge on any atom is -0.406 e. The maximum absolute atomic E-state index is 11.9. The number of ether oxygens (including phenoxy) is 1. The molecule has 3 aromatic rings. The summed E-state index contributed by atoms with van der Waals surface area (Å²) < 4.78 is 14.3. The third kappa shape index (κ3) is 2.67. The summed E-state index contributed by atoms with van der Waals surface area (Å²) in [5.74, 6) is 0.448. The van der Waals surface area contributed by atoms with Gasteiger partial charge in [-0.05, 0) is 26.0 Å². The minimum atomic E-state index is -0.395. The Morgan fingerprint density at radius 2 is 2.18 bits per heavy atom. The summed E-state index contributed by atoms with van der Waals surface area (Å²) in [6, 6.07) is 3.48. The Morgan fingerprint density at radius 3 is 3.00 bits per heavy atom. The number of nitrogens with zero attached hydrogens (tertiary/aromatic N) is 4. The van der Waals surface area contributed by atoms with E-state index in [2.05, 4.69) is 9.97 Å². The van der Waals surface area contributed by atoms with Gasteiger partial charge in [-0.1, -0.05) is 0 Å². The van der Waals surface area contributed by atoms with Gasteiger partial charge in [-0.2, -0.15) is 0 Å². The van der Waals surface area contributed by atoms with Crippen LogP contribution in [0.1, 0.15) is 25.8 Å². The van der Waals surface area contributed by atoms with Crippen LogP contribution in [0.5, 0.6) is 0 Å². The van der Waals surface area contributed by atoms with E-state index in [4.69, 9.17) is 9.15 Å². The molecule has 0 amide bonds. The molecule has 0 aromatic carbocycles. The van der Waals surface area contributed by atoms with Crippen LogP contribution in [0.4, 0.5) is 0 Å². The van der Waals surface area contributed by atoms with Crippen molar-refractivity contribution in [2.75, 3.05) is 6.61 Å². The Balaban J connectivity index is 1.82. The smallest absolute Gasteiger partial charge is 0.406 e. The highest BCUT2D eigenvalue weighted by molar-refractivity contribution is 5.67. The molecule has 1 atom stereocenters. The van der Waals surface area contributed by atoms with E-state index in [0.717, 1.165) is 5.82 Å². The Bertz CT molecular complexity index is 817. The second kappa shape index (κ2) is 6.15. The van der Waals surface area contributed by atoms with Gasteiger partial charge in [-0.25, -0.2) is 14.8 Å². The Kier molecular flexibility index (Phi) is 4.06. The molecule has 7 heteroatoms. The fourth-order valence-electron chi connectivity index (χ4n) is 2.50. The lowest BCUT2D eigenvalue weighted by atomic mass is 10.3. The van der Waals surface area contributed by atoms with Crippen molar-refractivity contribution in [2.45, 2.75) is 33.0 Å². The van der Waals surface area contributed by atoms with Gasteiger partial charge in [0.15, 0.2) is 11.2 Å². The molecule has 0 aliphatic carbocycles. The number of hydrogen-bond donors (Lipinski definition) is 0. The van der Waals surface area contributed by atoms with Crippen molar-refractivity contribution >= 4 is 11.2 Å². The molecule has 3 heterocycles. The van der Waals surface area contributed by atoms with Crippen molar-refractivity contribution in [3.63, 3.8) is 0 Å². The van der Waals surface area contributed by atoms with Crippen LogP contribution in [0.15, 0.2) is 39.9 Å². The molecule has 116 valence electrons. The van der Waals surface area contributed by atoms with Gasteiger partial charge in [-0.15, -0.1) is 0 Å². The predicted octanol–water partition coefficient (Wildman–Crippen LogP) is 1.98. The lowest BCUT2D eigenvalue weighted by Crippen LogP contribution is -2.19. The van der Waals surface area contributed by atoms with Crippen LogP contribution in [0.2, 0.25) is 0 Å². The standard InChI is InChI=1S/C15H18N4O3/c1-3-21-11(2)13-17-7-8-18(13)9-10-19-14-12(22-15(19)20)5-4-6-16-14/h4-8,11H,3,9-10H2,1-2H3/t11-/m1/s1. The van der Waals surface area contributed by atoms with Crippen molar-refractivity contribution in [1.82, 2.24) is 19.1 Å². The third-order valence-corrected chi connectivity index (χ3v) is 3.52. The van der Waals surface area contributed by atoms with Crippen molar-refractivity contribution in [2.24, 2.45) is 0 Å². The monoisotopic (exact) mass is 302 g/mol. The van der Waals surface area contributed by atoms with E-state index in [1.807, 2.05) is 24.6 Å². The highest BCUT2D eigenvalue weighted by Crippen LogP contribution is 2.15. The average molecular weight is 302 g/mol. The van der Waals surface area contributed by atoms with Crippen molar-refractivity contribution in [3.05, 3.63) is 47.1 Å². The highest BCUT2D eigenvalue weighted by atomic mass is 16.5. The summed E-state index contributed by atoms with van der Waals surface area (Å²) in [6.07, 6.45) is 5.18. The largest absolute Gasteiger partial charge is 0.421 e. The summed E-state index contributed by atoms with van der Waals surface area (Å²) in [7, 11) is 0. The van der Waals surface area contributed by atoms with Crippen LogP contribution in [-0.4, -0.2) is 25.7 Å². The van der Waals surface area contributed by atoms with E-state index in [1.165, 1.54) is 4.57 Å². The average Bonchev–Trinajstić information content (AvgIpc) is 3.09. The van der Waals surface area contributed by atoms with Gasteiger partial charge in [-0.3, -0.25) is 4.57 Å². The number of hydrogen-bond acceptors (Lipinski definition) is 5. The van der Waals surface area contributed by atoms with Gasteiger partial charge in [0.05, 0.1) is 0 Å². The first-order chi connectivity index (χ1) is 10.7. The zero-order chi connectivity index (χ0) is 15.5. The second-order valence-electron chi connectivity index (χ2n) is 4.92. The number of fused-ring (bicyclic) bond motifs is 1. The van der Waals surface area contributed by atoms with Crippen molar-refractivity contribution in [3.8, 4) is 0 Å². The molecule has 0 saturated carbocycles. The zero-order valence-electron chi connectivity index (χ0n) is 12.6. The van der Waals surface area contributed by atoms with E-state index in [9.17, 15) is 4.79 Å². The molecule has 0 bridgehead atoms. The number of aromatic nitrogens is 4. The Morgan fingerprint density at radius 1 is 1.32 bits per heavy atom. The molecule has 0 unspecified atom stereocenters. The molecule has 0 radical (unpaired) electrons. The van der Waals surface area contributed by atoms with E-state index < -0.39 is 5.76 Å². The summed E-state index contributed by atoms with van der Waals surface area (Å²) in [4.78, 5) is 20.5. The van der Waals surface area contributed by atoms with Crippen LogP contribution < -0.4 is 5.76 Å². The fourth-order valence-corrected chi connectivity index (χ4v) is 2.50. The molecule has 0 N–H and O–H groups in total. The second-order valence-corrected chi connectivity index (χ2v) is 4.92. The third-order valence-electron chi connectivity index (χ3n) is 3.52. The van der Waals surface area contributed by atoms with Crippen LogP contribution in [0.25, 0.3) is 11.2 Å². The van der Waals surface area contributed by atoms with Gasteiger partial charge in [0, 0.05) is 38.3 Å². The van der Waals surface area contributed by atoms with Gasteiger partial charge in [0.2, 0.25) is 0 Å². The molecule has 0 spiro atoms. The van der Waals surface area contributed by atoms with E-state index >= 15 is 0 Å². The van der Waals surface area contributed by atoms with E-state index in [-0.39, 0.29) is 6.10 Å². The van der Waals surface area contributed by atoms with Gasteiger partial charge >= 0.3 is 5.76 Å². The van der Waals surface area contributed by atoms with Gasteiger partial charge in [0.1, 0.15) is 11.9 Å². The quantitative estimate of drug-likeness (QED) is 0.696. The summed E-state index contributed by atoms with van der Waals surface area (Å²) >= 11 is 0. The summed E-state index contributed by atoms with van der Waals surface area (Å²) in [5.41, 5.74) is 1.06. The normalized spacial score (nSPS) is 12.8. The minimum absolute atomic E-state index is 0.0871. The summed E-state index contributed by atoms with van der Waals surface area (Å²) in [5, 5.41) is 0. The topological polar surface area (TPSA) is 75.1 Å². The first kappa shape index (κ1) is 14.5. The summed E-state index contributed by atoms with van der Waals surface area (Å²) in [6.45, 7) is 5.60. The first-order valence-electron chi connectivity index (χ1n) is 7.27. The zero-order valence-corrected chi connectivity index (χ0v) is 12.6. The van der Waals surface area contributed by atoms with Crippen LogP contribution in [-0.2, 0) is 17.8 Å². The van der Waals surface area contributed by atoms with Crippen molar-refractivity contribution < 1.29 is 9.15 Å². The lowest BCUT2D eigenvalue weighted by molar-refractivity contribution is 0.0672. The Labute approximate surface area is 127 Å². The lowest BCUT2D eigenvalue weighted by Gasteiger charge is -2.14. The van der Waals surface area contributed by atoms with Crippen molar-refractivity contribution in [1.29, 1.82) is 0 Å². The molecule has 0 fully saturated rings. The first-order valence-corrected chi connectivity index (χ1v) is 7.27. The van der Waals surface area contributed by atoms with E-state index in [0.29, 0.717) is 30.9 Å². The number of oxazole rings is 1. The number of rotatable bonds is 6. The van der Waals surface area contributed by atoms with Gasteiger partial charge in [0.25, 0.3) is 0 Å². The highest BCUT2D eigenvalue weighted by Gasteiger charge is 2.14. The molecule has 3 rings (SSSR count). The van der Waals surface area contributed by atoms with Crippen LogP contribution in [0, 0.1) is 0 Å². The fraction of sp³-hybridized carbons (Fsp3) is 0.400. The number of imidazole rings is 1. The molecular weight excluding hydrogens is 284 g/mol. The SMILES string of the molecule is CCO[C@H](C)c1nccn1CCn1c(=O)oc2cccnc21. The molecule has 7 nitrogen and oxygen atoms in total. The van der Waals surface area contributed by atoms with Crippen LogP contribution >= 0.6 is 0 Å². The van der Waals surface area contributed by atoms with E-state index in [1.54, 1.807) is 24.5 Å². The maximum Gasteiger partial charge on any atom is 0.421 e. The Hall–Kier alpha value is -2.41. The molecule has 0 saturated heterocycles. The molecule has 22 heavy (non-hydrogen) atoms. The molecule has 0 aliphatic rings. The molecular formula is C15H18N4O3. The molecule has 3 aromatic heterocycles. The van der Waals surface area contributed by atoms with Crippen LogP contribution in [0.3, 0.4) is 0 Å². The number of pyridine rings is 1. The maximum atomic E-state index is 11.9.